The van der Waals surface area contributed by atoms with Gasteiger partial charge in [-0.05, 0) is 35.4 Å². The van der Waals surface area contributed by atoms with Crippen LogP contribution in [0.5, 0.6) is 11.5 Å². The second-order valence-electron chi connectivity index (χ2n) is 10.0. The van der Waals surface area contributed by atoms with Crippen molar-refractivity contribution < 1.29 is 19.1 Å². The molecular weight excluding hydrogens is 474 g/mol. The predicted molar refractivity (Wildman–Crippen MR) is 149 cm³/mol. The highest BCUT2D eigenvalue weighted by atomic mass is 16.5. The number of ether oxygens (including phenoxy) is 2. The lowest BCUT2D eigenvalue weighted by molar-refractivity contribution is 0.0990. The van der Waals surface area contributed by atoms with Crippen LogP contribution in [-0.4, -0.2) is 25.8 Å². The number of allylic oxidation sites excluding steroid dienone is 1. The standard InChI is InChI=1S/C33H27NO4/c1-33(2)24-13-7-9-15-26(24)34(27-16-10-8-14-25(27)33)28-19-29(37-3)20(18-30(28)38-4)17-23-31(35)21-11-5-6-12-22(21)32(23)36/h5-19H,1-4H3. The molecule has 0 saturated carbocycles. The fourth-order valence-corrected chi connectivity index (χ4v) is 5.68. The molecule has 0 atom stereocenters. The molecule has 0 unspecified atom stereocenters. The number of nitrogens with zero attached hydrogens (tertiary/aromatic N) is 1. The third-order valence-electron chi connectivity index (χ3n) is 7.61. The summed E-state index contributed by atoms with van der Waals surface area (Å²) in [6.07, 6.45) is 1.61. The maximum atomic E-state index is 13.0. The summed E-state index contributed by atoms with van der Waals surface area (Å²) in [5.74, 6) is 0.565. The van der Waals surface area contributed by atoms with Crippen molar-refractivity contribution in [1.82, 2.24) is 0 Å². The van der Waals surface area contributed by atoms with Gasteiger partial charge in [-0.25, -0.2) is 0 Å². The first-order valence-corrected chi connectivity index (χ1v) is 12.5. The molecule has 0 N–H and O–H groups in total. The van der Waals surface area contributed by atoms with E-state index >= 15 is 0 Å². The quantitative estimate of drug-likeness (QED) is 0.217. The summed E-state index contributed by atoms with van der Waals surface area (Å²) in [6.45, 7) is 4.48. The minimum absolute atomic E-state index is 0.120. The first kappa shape index (κ1) is 23.7. The number of ketones is 2. The van der Waals surface area contributed by atoms with Crippen LogP contribution in [0.1, 0.15) is 51.3 Å². The number of rotatable bonds is 4. The van der Waals surface area contributed by atoms with E-state index in [1.54, 1.807) is 44.6 Å². The number of hydrogen-bond acceptors (Lipinski definition) is 5. The van der Waals surface area contributed by atoms with Crippen LogP contribution in [0.25, 0.3) is 6.08 Å². The molecule has 1 heterocycles. The zero-order valence-electron chi connectivity index (χ0n) is 21.7. The van der Waals surface area contributed by atoms with Crippen LogP contribution in [0.3, 0.4) is 0 Å². The Kier molecular flexibility index (Phi) is 5.46. The van der Waals surface area contributed by atoms with Crippen molar-refractivity contribution in [1.29, 1.82) is 0 Å². The molecule has 0 spiro atoms. The smallest absolute Gasteiger partial charge is 0.197 e. The molecule has 1 aliphatic heterocycles. The Bertz CT molecular complexity index is 1580. The van der Waals surface area contributed by atoms with Gasteiger partial charge in [-0.3, -0.25) is 9.59 Å². The van der Waals surface area contributed by atoms with Crippen LogP contribution in [0.2, 0.25) is 0 Å². The van der Waals surface area contributed by atoms with E-state index in [0.29, 0.717) is 28.2 Å². The summed E-state index contributed by atoms with van der Waals surface area (Å²) >= 11 is 0. The van der Waals surface area contributed by atoms with Gasteiger partial charge in [0.15, 0.2) is 11.6 Å². The number of methoxy groups -OCH3 is 2. The van der Waals surface area contributed by atoms with Gasteiger partial charge in [0.05, 0.1) is 36.9 Å². The molecule has 0 radical (unpaired) electrons. The number of fused-ring (bicyclic) bond motifs is 3. The summed E-state index contributed by atoms with van der Waals surface area (Å²) in [4.78, 5) is 28.3. The van der Waals surface area contributed by atoms with Crippen molar-refractivity contribution >= 4 is 34.7 Å². The van der Waals surface area contributed by atoms with E-state index in [1.807, 2.05) is 24.3 Å². The molecule has 4 aromatic carbocycles. The highest BCUT2D eigenvalue weighted by molar-refractivity contribution is 6.41. The second kappa shape index (κ2) is 8.73. The summed E-state index contributed by atoms with van der Waals surface area (Å²) in [7, 11) is 3.21. The fraction of sp³-hybridized carbons (Fsp3) is 0.152. The summed E-state index contributed by atoms with van der Waals surface area (Å²) in [5.41, 5.74) is 6.69. The number of para-hydroxylation sites is 2. The number of benzene rings is 4. The van der Waals surface area contributed by atoms with Gasteiger partial charge < -0.3 is 14.4 Å². The monoisotopic (exact) mass is 501 g/mol. The Morgan fingerprint density at radius 2 is 1.16 bits per heavy atom. The molecule has 0 aromatic heterocycles. The number of hydrogen-bond donors (Lipinski definition) is 0. The Hall–Kier alpha value is -4.64. The zero-order valence-corrected chi connectivity index (χ0v) is 21.7. The predicted octanol–water partition coefficient (Wildman–Crippen LogP) is 7.28. The van der Waals surface area contributed by atoms with Crippen LogP contribution >= 0.6 is 0 Å². The van der Waals surface area contributed by atoms with E-state index in [-0.39, 0.29) is 22.6 Å². The van der Waals surface area contributed by atoms with E-state index in [9.17, 15) is 9.59 Å². The van der Waals surface area contributed by atoms with Gasteiger partial charge in [-0.15, -0.1) is 0 Å². The van der Waals surface area contributed by atoms with Crippen LogP contribution < -0.4 is 14.4 Å². The Labute approximate surface area is 221 Å². The molecule has 6 rings (SSSR count). The minimum atomic E-state index is -0.281. The van der Waals surface area contributed by atoms with Crippen molar-refractivity contribution in [3.05, 3.63) is 118 Å². The highest BCUT2D eigenvalue weighted by Crippen LogP contribution is 2.54. The number of anilines is 3. The Morgan fingerprint density at radius 1 is 0.658 bits per heavy atom. The molecule has 0 fully saturated rings. The maximum Gasteiger partial charge on any atom is 0.197 e. The van der Waals surface area contributed by atoms with E-state index < -0.39 is 0 Å². The molecule has 5 heteroatoms. The fourth-order valence-electron chi connectivity index (χ4n) is 5.68. The lowest BCUT2D eigenvalue weighted by atomic mass is 9.73. The minimum Gasteiger partial charge on any atom is -0.496 e. The topological polar surface area (TPSA) is 55.8 Å². The van der Waals surface area contributed by atoms with E-state index in [2.05, 4.69) is 55.1 Å². The van der Waals surface area contributed by atoms with Gasteiger partial charge in [0.25, 0.3) is 0 Å². The van der Waals surface area contributed by atoms with Gasteiger partial charge in [-0.2, -0.15) is 0 Å². The summed E-state index contributed by atoms with van der Waals surface area (Å²) < 4.78 is 11.7. The first-order valence-electron chi connectivity index (χ1n) is 12.5. The average Bonchev–Trinajstić information content (AvgIpc) is 3.18. The van der Waals surface area contributed by atoms with Gasteiger partial charge in [0.1, 0.15) is 11.5 Å². The lowest BCUT2D eigenvalue weighted by Gasteiger charge is -2.42. The van der Waals surface area contributed by atoms with Crippen LogP contribution in [-0.2, 0) is 5.41 Å². The van der Waals surface area contributed by atoms with E-state index in [4.69, 9.17) is 9.47 Å². The van der Waals surface area contributed by atoms with Crippen LogP contribution in [0.4, 0.5) is 17.1 Å². The van der Waals surface area contributed by atoms with Gasteiger partial charge in [0, 0.05) is 28.2 Å². The average molecular weight is 502 g/mol. The normalized spacial score (nSPS) is 15.1. The third kappa shape index (κ3) is 3.39. The van der Waals surface area contributed by atoms with Crippen molar-refractivity contribution in [2.75, 3.05) is 19.1 Å². The van der Waals surface area contributed by atoms with Crippen molar-refractivity contribution in [3.63, 3.8) is 0 Å². The Balaban J connectivity index is 1.54. The second-order valence-corrected chi connectivity index (χ2v) is 10.0. The van der Waals surface area contributed by atoms with Gasteiger partial charge >= 0.3 is 0 Å². The zero-order chi connectivity index (χ0) is 26.6. The SMILES string of the molecule is COc1cc(N2c3ccccc3C(C)(C)c3ccccc32)c(OC)cc1C=C1C(=O)c2ccccc2C1=O. The first-order chi connectivity index (χ1) is 18.4. The molecule has 5 nitrogen and oxygen atoms in total. The molecule has 1 aliphatic carbocycles. The largest absolute Gasteiger partial charge is 0.496 e. The van der Waals surface area contributed by atoms with Crippen molar-refractivity contribution in [3.8, 4) is 11.5 Å². The summed E-state index contributed by atoms with van der Waals surface area (Å²) in [6, 6.07) is 27.4. The van der Waals surface area contributed by atoms with Gasteiger partial charge in [0.2, 0.25) is 0 Å². The van der Waals surface area contributed by atoms with Crippen molar-refractivity contribution in [2.45, 2.75) is 19.3 Å². The van der Waals surface area contributed by atoms with E-state index in [0.717, 1.165) is 17.1 Å². The number of carbonyl (C=O) groups excluding carboxylic acids is 2. The molecule has 2 aliphatic rings. The molecule has 0 saturated heterocycles. The molecule has 188 valence electrons. The number of Topliss-reactive ketones (excluding diaryl/α,β-unsaturated/α-hetero) is 2. The molecular formula is C33H27NO4. The Morgan fingerprint density at radius 3 is 1.68 bits per heavy atom. The molecule has 0 bridgehead atoms. The highest BCUT2D eigenvalue weighted by Gasteiger charge is 2.38. The number of carbonyl (C=O) groups is 2. The molecule has 4 aromatic rings. The van der Waals surface area contributed by atoms with Crippen molar-refractivity contribution in [2.24, 2.45) is 0 Å². The molecule has 38 heavy (non-hydrogen) atoms. The maximum absolute atomic E-state index is 13.0. The lowest BCUT2D eigenvalue weighted by Crippen LogP contribution is -2.30. The third-order valence-corrected chi connectivity index (χ3v) is 7.61. The molecule has 0 amide bonds. The van der Waals surface area contributed by atoms with Crippen LogP contribution in [0, 0.1) is 0 Å². The van der Waals surface area contributed by atoms with Crippen LogP contribution in [0.15, 0.2) is 90.5 Å². The van der Waals surface area contributed by atoms with E-state index in [1.165, 1.54) is 11.1 Å². The summed E-state index contributed by atoms with van der Waals surface area (Å²) in [5, 5.41) is 0. The van der Waals surface area contributed by atoms with Gasteiger partial charge in [-0.1, -0.05) is 74.5 Å².